The van der Waals surface area contributed by atoms with E-state index in [9.17, 15) is 9.59 Å². The molecule has 7 heteroatoms. The highest BCUT2D eigenvalue weighted by Crippen LogP contribution is 2.17. The molecule has 0 saturated carbocycles. The van der Waals surface area contributed by atoms with Gasteiger partial charge in [0.1, 0.15) is 4.88 Å². The van der Waals surface area contributed by atoms with E-state index in [1.807, 2.05) is 0 Å². The molecule has 0 atom stereocenters. The molecule has 0 aliphatic rings. The van der Waals surface area contributed by atoms with Gasteiger partial charge in [-0.3, -0.25) is 4.79 Å². The fraction of sp³-hybridized carbons (Fsp3) is 0.111. The largest absolute Gasteiger partial charge is 0.475 e. The van der Waals surface area contributed by atoms with Gasteiger partial charge in [0.05, 0.1) is 5.69 Å². The van der Waals surface area contributed by atoms with Crippen molar-refractivity contribution in [3.05, 3.63) is 34.2 Å². The predicted molar refractivity (Wildman–Crippen MR) is 53.7 cm³/mol. The van der Waals surface area contributed by atoms with Gasteiger partial charge in [-0.25, -0.2) is 4.79 Å². The summed E-state index contributed by atoms with van der Waals surface area (Å²) in [6.45, 7) is 1.65. The van der Waals surface area contributed by atoms with Crippen molar-refractivity contribution in [2.45, 2.75) is 6.92 Å². The average Bonchev–Trinajstić information content (AvgIpc) is 2.84. The molecule has 0 unspecified atom stereocenters. The number of hydrogen-bond donors (Lipinski definition) is 1. The SMILES string of the molecule is Cc1nnsc1C(=O)c1ccc(C(=O)O)o1. The van der Waals surface area contributed by atoms with Crippen molar-refractivity contribution in [2.75, 3.05) is 0 Å². The van der Waals surface area contributed by atoms with E-state index in [4.69, 9.17) is 9.52 Å². The Balaban J connectivity index is 2.35. The molecule has 0 bridgehead atoms. The fourth-order valence-electron chi connectivity index (χ4n) is 1.13. The predicted octanol–water partition coefficient (Wildman–Crippen LogP) is 1.37. The lowest BCUT2D eigenvalue weighted by atomic mass is 10.2. The number of ketones is 1. The summed E-state index contributed by atoms with van der Waals surface area (Å²) in [6, 6.07) is 2.56. The molecule has 2 heterocycles. The van der Waals surface area contributed by atoms with E-state index in [0.29, 0.717) is 10.6 Å². The number of aryl methyl sites for hydroxylation is 1. The number of furan rings is 1. The van der Waals surface area contributed by atoms with Crippen molar-refractivity contribution in [2.24, 2.45) is 0 Å². The molecule has 0 radical (unpaired) electrons. The monoisotopic (exact) mass is 238 g/mol. The second-order valence-corrected chi connectivity index (χ2v) is 3.74. The number of carbonyl (C=O) groups excluding carboxylic acids is 1. The van der Waals surface area contributed by atoms with Gasteiger partial charge in [0.15, 0.2) is 5.76 Å². The van der Waals surface area contributed by atoms with Gasteiger partial charge in [-0.15, -0.1) is 5.10 Å². The highest BCUT2D eigenvalue weighted by molar-refractivity contribution is 7.08. The summed E-state index contributed by atoms with van der Waals surface area (Å²) in [7, 11) is 0. The number of nitrogens with zero attached hydrogens (tertiary/aromatic N) is 2. The maximum atomic E-state index is 11.8. The molecule has 0 aromatic carbocycles. The lowest BCUT2D eigenvalue weighted by Gasteiger charge is -1.92. The third-order valence-corrected chi connectivity index (χ3v) is 2.73. The quantitative estimate of drug-likeness (QED) is 0.811. The summed E-state index contributed by atoms with van der Waals surface area (Å²) in [4.78, 5) is 22.7. The van der Waals surface area contributed by atoms with Crippen molar-refractivity contribution in [3.8, 4) is 0 Å². The molecule has 6 nitrogen and oxygen atoms in total. The van der Waals surface area contributed by atoms with Crippen LogP contribution < -0.4 is 0 Å². The maximum absolute atomic E-state index is 11.8. The van der Waals surface area contributed by atoms with Crippen molar-refractivity contribution in [1.82, 2.24) is 9.59 Å². The molecule has 16 heavy (non-hydrogen) atoms. The zero-order valence-electron chi connectivity index (χ0n) is 8.13. The summed E-state index contributed by atoms with van der Waals surface area (Å²) >= 11 is 0.952. The summed E-state index contributed by atoms with van der Waals surface area (Å²) in [6.07, 6.45) is 0. The number of carboxylic acids is 1. The Hall–Kier alpha value is -2.02. The van der Waals surface area contributed by atoms with Crippen molar-refractivity contribution in [1.29, 1.82) is 0 Å². The Bertz CT molecular complexity index is 557. The molecule has 0 amide bonds. The van der Waals surface area contributed by atoms with Crippen LogP contribution in [0.1, 0.15) is 31.7 Å². The standard InChI is InChI=1S/C9H6N2O4S/c1-4-8(16-11-10-4)7(12)5-2-3-6(15-5)9(13)14/h2-3H,1H3,(H,13,14). The molecule has 2 rings (SSSR count). The van der Waals surface area contributed by atoms with Crippen molar-refractivity contribution in [3.63, 3.8) is 0 Å². The number of carbonyl (C=O) groups is 2. The van der Waals surface area contributed by atoms with Crippen LogP contribution in [0.5, 0.6) is 0 Å². The Morgan fingerprint density at radius 1 is 1.38 bits per heavy atom. The van der Waals surface area contributed by atoms with Gasteiger partial charge in [-0.1, -0.05) is 4.49 Å². The normalized spacial score (nSPS) is 10.3. The number of aromatic carboxylic acids is 1. The zero-order chi connectivity index (χ0) is 11.7. The Morgan fingerprint density at radius 3 is 2.56 bits per heavy atom. The van der Waals surface area contributed by atoms with Crippen LogP contribution in [-0.4, -0.2) is 26.4 Å². The minimum atomic E-state index is -1.21. The van der Waals surface area contributed by atoms with E-state index in [1.54, 1.807) is 6.92 Å². The minimum absolute atomic E-state index is 0.0217. The topological polar surface area (TPSA) is 93.3 Å². The van der Waals surface area contributed by atoms with Gasteiger partial charge in [0.2, 0.25) is 11.5 Å². The van der Waals surface area contributed by atoms with Crippen molar-refractivity contribution < 1.29 is 19.1 Å². The van der Waals surface area contributed by atoms with E-state index >= 15 is 0 Å². The molecule has 0 aliphatic carbocycles. The van der Waals surface area contributed by atoms with Gasteiger partial charge in [0, 0.05) is 0 Å². The first kappa shape index (κ1) is 10.5. The molecule has 2 aromatic heterocycles. The minimum Gasteiger partial charge on any atom is -0.475 e. The van der Waals surface area contributed by atoms with Crippen LogP contribution in [0.4, 0.5) is 0 Å². The maximum Gasteiger partial charge on any atom is 0.371 e. The summed E-state index contributed by atoms with van der Waals surface area (Å²) in [5, 5.41) is 12.3. The Labute approximate surface area is 93.7 Å². The van der Waals surface area contributed by atoms with E-state index < -0.39 is 11.8 Å². The molecule has 0 spiro atoms. The van der Waals surface area contributed by atoms with Crippen LogP contribution in [0.25, 0.3) is 0 Å². The molecule has 0 saturated heterocycles. The molecule has 2 aromatic rings. The molecular formula is C9H6N2O4S. The number of aromatic nitrogens is 2. The van der Waals surface area contributed by atoms with E-state index in [-0.39, 0.29) is 11.5 Å². The lowest BCUT2D eigenvalue weighted by molar-refractivity contribution is 0.0660. The van der Waals surface area contributed by atoms with Crippen molar-refractivity contribution >= 4 is 23.3 Å². The first-order valence-corrected chi connectivity index (χ1v) is 5.03. The van der Waals surface area contributed by atoms with Gasteiger partial charge < -0.3 is 9.52 Å². The molecular weight excluding hydrogens is 232 g/mol. The van der Waals surface area contributed by atoms with Crippen LogP contribution in [-0.2, 0) is 0 Å². The molecule has 1 N–H and O–H groups in total. The fourth-order valence-corrected chi connectivity index (χ4v) is 1.73. The van der Waals surface area contributed by atoms with Gasteiger partial charge in [-0.2, -0.15) is 0 Å². The Morgan fingerprint density at radius 2 is 2.06 bits per heavy atom. The highest BCUT2D eigenvalue weighted by Gasteiger charge is 2.20. The first-order valence-electron chi connectivity index (χ1n) is 4.26. The molecule has 82 valence electrons. The summed E-state index contributed by atoms with van der Waals surface area (Å²) < 4.78 is 8.51. The van der Waals surface area contributed by atoms with Crippen LogP contribution in [0.3, 0.4) is 0 Å². The van der Waals surface area contributed by atoms with Gasteiger partial charge >= 0.3 is 5.97 Å². The van der Waals surface area contributed by atoms with Crippen LogP contribution in [0.2, 0.25) is 0 Å². The zero-order valence-corrected chi connectivity index (χ0v) is 8.95. The molecule has 0 fully saturated rings. The number of hydrogen-bond acceptors (Lipinski definition) is 6. The van der Waals surface area contributed by atoms with Crippen LogP contribution in [0.15, 0.2) is 16.5 Å². The smallest absolute Gasteiger partial charge is 0.371 e. The summed E-state index contributed by atoms with van der Waals surface area (Å²) in [5.41, 5.74) is 0.503. The van der Waals surface area contributed by atoms with E-state index in [2.05, 4.69) is 9.59 Å². The second kappa shape index (κ2) is 3.86. The summed E-state index contributed by atoms with van der Waals surface area (Å²) in [5.74, 6) is -1.90. The third-order valence-electron chi connectivity index (χ3n) is 1.90. The van der Waals surface area contributed by atoms with E-state index in [1.165, 1.54) is 12.1 Å². The molecule has 0 aliphatic heterocycles. The second-order valence-electron chi connectivity index (χ2n) is 2.99. The van der Waals surface area contributed by atoms with Crippen LogP contribution >= 0.6 is 11.5 Å². The number of carboxylic acid groups (broad SMARTS) is 1. The lowest BCUT2D eigenvalue weighted by Crippen LogP contribution is -1.99. The van der Waals surface area contributed by atoms with Gasteiger partial charge in [0.25, 0.3) is 0 Å². The number of rotatable bonds is 3. The highest BCUT2D eigenvalue weighted by atomic mass is 32.1. The van der Waals surface area contributed by atoms with E-state index in [0.717, 1.165) is 11.5 Å². The first-order chi connectivity index (χ1) is 7.59. The van der Waals surface area contributed by atoms with Gasteiger partial charge in [-0.05, 0) is 30.6 Å². The average molecular weight is 238 g/mol. The third kappa shape index (κ3) is 1.72. The van der Waals surface area contributed by atoms with Crippen LogP contribution in [0, 0.1) is 6.92 Å². The Kier molecular flexibility index (Phi) is 2.53.